The van der Waals surface area contributed by atoms with E-state index >= 15 is 0 Å². The fraction of sp³-hybridized carbons (Fsp3) is 0.400. The molecular weight excluding hydrogens is 316 g/mol. The average molecular weight is 340 g/mol. The normalized spacial score (nSPS) is 15.1. The number of amides is 2. The molecule has 2 aromatic rings. The zero-order valence-corrected chi connectivity index (χ0v) is 14.3. The lowest BCUT2D eigenvalue weighted by molar-refractivity contribution is -0.137. The van der Waals surface area contributed by atoms with Gasteiger partial charge < -0.3 is 14.6 Å². The van der Waals surface area contributed by atoms with Gasteiger partial charge in [-0.3, -0.25) is 9.59 Å². The molecule has 1 aliphatic heterocycles. The van der Waals surface area contributed by atoms with E-state index in [1.807, 2.05) is 11.0 Å². The number of hydrogen-bond donors (Lipinski definition) is 1. The molecule has 25 heavy (non-hydrogen) atoms. The van der Waals surface area contributed by atoms with Crippen molar-refractivity contribution in [3.63, 3.8) is 0 Å². The molecule has 1 N–H and O–H groups in total. The van der Waals surface area contributed by atoms with Crippen LogP contribution < -0.4 is 5.32 Å². The van der Waals surface area contributed by atoms with E-state index in [9.17, 15) is 9.59 Å². The number of likely N-dealkylation sites (tertiary alicyclic amines) is 1. The Balaban J connectivity index is 1.38. The smallest absolute Gasteiger partial charge is 0.232 e. The number of nitrogens with one attached hydrogen (secondary N) is 1. The molecule has 1 aromatic carbocycles. The largest absolute Gasteiger partial charge is 0.467 e. The summed E-state index contributed by atoms with van der Waals surface area (Å²) in [7, 11) is 0. The highest BCUT2D eigenvalue weighted by Crippen LogP contribution is 2.22. The molecule has 1 aliphatic rings. The summed E-state index contributed by atoms with van der Waals surface area (Å²) in [6.45, 7) is 1.79. The molecule has 0 bridgehead atoms. The van der Waals surface area contributed by atoms with Gasteiger partial charge in [-0.1, -0.05) is 30.3 Å². The molecule has 1 saturated heterocycles. The minimum Gasteiger partial charge on any atom is -0.467 e. The van der Waals surface area contributed by atoms with Gasteiger partial charge in [-0.2, -0.15) is 0 Å². The average Bonchev–Trinajstić information content (AvgIpc) is 3.15. The van der Waals surface area contributed by atoms with Gasteiger partial charge >= 0.3 is 0 Å². The van der Waals surface area contributed by atoms with E-state index in [0.717, 1.165) is 32.4 Å². The van der Waals surface area contributed by atoms with Gasteiger partial charge in [0.25, 0.3) is 0 Å². The molecule has 0 unspecified atom stereocenters. The van der Waals surface area contributed by atoms with Crippen LogP contribution in [0.5, 0.6) is 0 Å². The van der Waals surface area contributed by atoms with E-state index in [1.165, 1.54) is 5.56 Å². The minimum absolute atomic E-state index is 0.0879. The molecule has 0 spiro atoms. The minimum atomic E-state index is -0.257. The maximum Gasteiger partial charge on any atom is 0.232 e. The Kier molecular flexibility index (Phi) is 5.88. The number of rotatable bonds is 6. The van der Waals surface area contributed by atoms with Gasteiger partial charge in [0.15, 0.2) is 0 Å². The SMILES string of the molecule is O=C(CC(=O)N1CCC(Cc2ccccc2)CC1)NCc1ccco1. The molecule has 0 saturated carbocycles. The summed E-state index contributed by atoms with van der Waals surface area (Å²) < 4.78 is 5.16. The van der Waals surface area contributed by atoms with E-state index in [-0.39, 0.29) is 18.2 Å². The molecule has 2 heterocycles. The lowest BCUT2D eigenvalue weighted by Gasteiger charge is -2.32. The number of nitrogens with zero attached hydrogens (tertiary/aromatic N) is 1. The van der Waals surface area contributed by atoms with Crippen LogP contribution in [0.2, 0.25) is 0 Å². The van der Waals surface area contributed by atoms with Crippen LogP contribution in [0.15, 0.2) is 53.1 Å². The highest BCUT2D eigenvalue weighted by molar-refractivity contribution is 5.96. The Morgan fingerprint density at radius 3 is 2.52 bits per heavy atom. The van der Waals surface area contributed by atoms with Crippen molar-refractivity contribution in [2.45, 2.75) is 32.2 Å². The number of furan rings is 1. The topological polar surface area (TPSA) is 62.6 Å². The van der Waals surface area contributed by atoms with E-state index in [4.69, 9.17) is 4.42 Å². The number of carbonyl (C=O) groups is 2. The zero-order chi connectivity index (χ0) is 17.5. The molecule has 132 valence electrons. The summed E-state index contributed by atoms with van der Waals surface area (Å²) in [6, 6.07) is 14.0. The van der Waals surface area contributed by atoms with Crippen molar-refractivity contribution in [3.8, 4) is 0 Å². The van der Waals surface area contributed by atoms with Crippen LogP contribution in [0.25, 0.3) is 0 Å². The van der Waals surface area contributed by atoms with Crippen molar-refractivity contribution in [1.82, 2.24) is 10.2 Å². The Labute approximate surface area is 148 Å². The maximum atomic E-state index is 12.3. The third-order valence-electron chi connectivity index (χ3n) is 4.69. The highest BCUT2D eigenvalue weighted by Gasteiger charge is 2.24. The third kappa shape index (κ3) is 5.21. The van der Waals surface area contributed by atoms with Crippen molar-refractivity contribution >= 4 is 11.8 Å². The zero-order valence-electron chi connectivity index (χ0n) is 14.3. The third-order valence-corrected chi connectivity index (χ3v) is 4.69. The second-order valence-electron chi connectivity index (χ2n) is 6.55. The van der Waals surface area contributed by atoms with Gasteiger partial charge in [0, 0.05) is 13.1 Å². The first-order chi connectivity index (χ1) is 12.2. The van der Waals surface area contributed by atoms with Crippen LogP contribution in [-0.2, 0) is 22.6 Å². The van der Waals surface area contributed by atoms with Crippen LogP contribution in [-0.4, -0.2) is 29.8 Å². The van der Waals surface area contributed by atoms with Crippen molar-refractivity contribution in [1.29, 1.82) is 0 Å². The highest BCUT2D eigenvalue weighted by atomic mass is 16.3. The predicted octanol–water partition coefficient (Wildman–Crippen LogP) is 2.77. The van der Waals surface area contributed by atoms with E-state index in [1.54, 1.807) is 18.4 Å². The van der Waals surface area contributed by atoms with Gasteiger partial charge in [0.1, 0.15) is 12.2 Å². The number of hydrogen-bond acceptors (Lipinski definition) is 3. The molecule has 0 aliphatic carbocycles. The van der Waals surface area contributed by atoms with Gasteiger partial charge in [-0.05, 0) is 42.9 Å². The molecule has 0 atom stereocenters. The molecular formula is C20H24N2O3. The van der Waals surface area contributed by atoms with Gasteiger partial charge in [0.05, 0.1) is 12.8 Å². The van der Waals surface area contributed by atoms with Crippen LogP contribution in [0.3, 0.4) is 0 Å². The van der Waals surface area contributed by atoms with Crippen molar-refractivity contribution in [2.24, 2.45) is 5.92 Å². The molecule has 5 nitrogen and oxygen atoms in total. The maximum absolute atomic E-state index is 12.3. The second-order valence-corrected chi connectivity index (χ2v) is 6.55. The summed E-state index contributed by atoms with van der Waals surface area (Å²) in [5.74, 6) is 0.949. The van der Waals surface area contributed by atoms with Gasteiger partial charge in [0.2, 0.25) is 11.8 Å². The van der Waals surface area contributed by atoms with E-state index in [0.29, 0.717) is 18.2 Å². The second kappa shape index (κ2) is 8.51. The Morgan fingerprint density at radius 1 is 1.08 bits per heavy atom. The first-order valence-electron chi connectivity index (χ1n) is 8.81. The van der Waals surface area contributed by atoms with Crippen LogP contribution in [0.1, 0.15) is 30.6 Å². The number of benzene rings is 1. The van der Waals surface area contributed by atoms with Crippen LogP contribution in [0, 0.1) is 5.92 Å². The van der Waals surface area contributed by atoms with Crippen LogP contribution in [0.4, 0.5) is 0 Å². The Hall–Kier alpha value is -2.56. The molecule has 1 fully saturated rings. The van der Waals surface area contributed by atoms with Crippen molar-refractivity contribution in [2.75, 3.05) is 13.1 Å². The fourth-order valence-corrected chi connectivity index (χ4v) is 3.24. The Bertz CT molecular complexity index is 674. The summed E-state index contributed by atoms with van der Waals surface area (Å²) in [4.78, 5) is 26.0. The van der Waals surface area contributed by atoms with E-state index < -0.39 is 0 Å². The standard InChI is InChI=1S/C20H24N2O3/c23-19(21-15-18-7-4-12-25-18)14-20(24)22-10-8-17(9-11-22)13-16-5-2-1-3-6-16/h1-7,12,17H,8-11,13-15H2,(H,21,23). The first kappa shape index (κ1) is 17.3. The summed E-state index contributed by atoms with van der Waals surface area (Å²) in [5, 5.41) is 2.72. The van der Waals surface area contributed by atoms with Crippen LogP contribution >= 0.6 is 0 Å². The summed E-state index contributed by atoms with van der Waals surface area (Å²) in [6.07, 6.45) is 4.52. The van der Waals surface area contributed by atoms with E-state index in [2.05, 4.69) is 29.6 Å². The number of piperidine rings is 1. The summed E-state index contributed by atoms with van der Waals surface area (Å²) in [5.41, 5.74) is 1.35. The lowest BCUT2D eigenvalue weighted by Crippen LogP contribution is -2.41. The molecule has 1 aromatic heterocycles. The summed E-state index contributed by atoms with van der Waals surface area (Å²) >= 11 is 0. The van der Waals surface area contributed by atoms with Crippen molar-refractivity contribution < 1.29 is 14.0 Å². The molecule has 2 amide bonds. The monoisotopic (exact) mass is 340 g/mol. The van der Waals surface area contributed by atoms with Gasteiger partial charge in [-0.15, -0.1) is 0 Å². The molecule has 3 rings (SSSR count). The predicted molar refractivity (Wildman–Crippen MR) is 94.6 cm³/mol. The number of carbonyl (C=O) groups excluding carboxylic acids is 2. The van der Waals surface area contributed by atoms with Gasteiger partial charge in [-0.25, -0.2) is 0 Å². The van der Waals surface area contributed by atoms with Crippen molar-refractivity contribution in [3.05, 3.63) is 60.1 Å². The Morgan fingerprint density at radius 2 is 1.84 bits per heavy atom. The fourth-order valence-electron chi connectivity index (χ4n) is 3.24. The molecule has 0 radical (unpaired) electrons. The quantitative estimate of drug-likeness (QED) is 0.823. The first-order valence-corrected chi connectivity index (χ1v) is 8.81. The molecule has 5 heteroatoms. The lowest BCUT2D eigenvalue weighted by atomic mass is 9.90.